The summed E-state index contributed by atoms with van der Waals surface area (Å²) in [5.41, 5.74) is -0.405. The minimum absolute atomic E-state index is 0.124. The molecule has 8 nitrogen and oxygen atoms in total. The number of nitrogens with zero attached hydrogens (tertiary/aromatic N) is 3. The van der Waals surface area contributed by atoms with Crippen LogP contribution in [0, 0.1) is 5.82 Å². The van der Waals surface area contributed by atoms with Crippen molar-refractivity contribution in [1.29, 1.82) is 0 Å². The molecule has 0 aliphatic carbocycles. The van der Waals surface area contributed by atoms with Crippen molar-refractivity contribution in [3.63, 3.8) is 0 Å². The van der Waals surface area contributed by atoms with Gasteiger partial charge in [0.05, 0.1) is 6.20 Å². The number of carbonyl (C=O) groups excluding carboxylic acids is 1. The zero-order valence-corrected chi connectivity index (χ0v) is 14.9. The van der Waals surface area contributed by atoms with Gasteiger partial charge in [0.2, 0.25) is 10.0 Å². The first-order chi connectivity index (χ1) is 12.3. The number of piperidine rings is 1. The van der Waals surface area contributed by atoms with Gasteiger partial charge in [-0.25, -0.2) is 12.8 Å². The first-order valence-electron chi connectivity index (χ1n) is 8.06. The van der Waals surface area contributed by atoms with Gasteiger partial charge in [-0.1, -0.05) is 6.07 Å². The fraction of sp³-hybridized carbons (Fsp3) is 0.375. The van der Waals surface area contributed by atoms with E-state index in [0.717, 1.165) is 6.07 Å². The highest BCUT2D eigenvalue weighted by Gasteiger charge is 2.31. The summed E-state index contributed by atoms with van der Waals surface area (Å²) in [5.74, 6) is -1.95. The number of aromatic nitrogens is 2. The standard InChI is InChI=1S/C16H19FN4O4S/c1-20-10-12(9-18-20)26(24,25)21-7-5-11(6-8-21)19-16(23)15-13(17)3-2-4-14(15)22/h2-4,9-11,22H,5-8H2,1H3,(H,19,23). The van der Waals surface area contributed by atoms with E-state index in [0.29, 0.717) is 12.8 Å². The van der Waals surface area contributed by atoms with Crippen LogP contribution in [0.2, 0.25) is 0 Å². The minimum Gasteiger partial charge on any atom is -0.507 e. The predicted molar refractivity (Wildman–Crippen MR) is 90.5 cm³/mol. The molecule has 1 fully saturated rings. The molecule has 2 N–H and O–H groups in total. The maximum Gasteiger partial charge on any atom is 0.258 e. The van der Waals surface area contributed by atoms with Gasteiger partial charge in [0.15, 0.2) is 0 Å². The average molecular weight is 382 g/mol. The Hall–Kier alpha value is -2.46. The molecule has 0 bridgehead atoms. The second kappa shape index (κ2) is 7.04. The van der Waals surface area contributed by atoms with Gasteiger partial charge in [-0.3, -0.25) is 9.48 Å². The molecule has 1 aliphatic rings. The molecule has 0 unspecified atom stereocenters. The summed E-state index contributed by atoms with van der Waals surface area (Å²) in [6, 6.07) is 3.34. The van der Waals surface area contributed by atoms with E-state index in [-0.39, 0.29) is 24.0 Å². The third kappa shape index (κ3) is 3.56. The van der Waals surface area contributed by atoms with Crippen LogP contribution in [0.5, 0.6) is 5.75 Å². The Morgan fingerprint density at radius 3 is 2.62 bits per heavy atom. The number of aromatic hydroxyl groups is 1. The lowest BCUT2D eigenvalue weighted by Crippen LogP contribution is -2.46. The van der Waals surface area contributed by atoms with Crippen LogP contribution in [0.25, 0.3) is 0 Å². The van der Waals surface area contributed by atoms with Crippen molar-refractivity contribution >= 4 is 15.9 Å². The van der Waals surface area contributed by atoms with Crippen LogP contribution in [-0.4, -0.2) is 52.6 Å². The van der Waals surface area contributed by atoms with Crippen LogP contribution < -0.4 is 5.32 Å². The highest BCUT2D eigenvalue weighted by molar-refractivity contribution is 7.89. The van der Waals surface area contributed by atoms with Crippen molar-refractivity contribution in [3.05, 3.63) is 42.0 Å². The molecule has 1 aliphatic heterocycles. The quantitative estimate of drug-likeness (QED) is 0.816. The van der Waals surface area contributed by atoms with E-state index in [1.165, 1.54) is 33.5 Å². The number of sulfonamides is 1. The molecule has 2 heterocycles. The molecule has 26 heavy (non-hydrogen) atoms. The van der Waals surface area contributed by atoms with Crippen LogP contribution in [0.3, 0.4) is 0 Å². The van der Waals surface area contributed by atoms with Gasteiger partial charge in [-0.15, -0.1) is 0 Å². The van der Waals surface area contributed by atoms with Crippen LogP contribution in [0.4, 0.5) is 4.39 Å². The predicted octanol–water partition coefficient (Wildman–Crippen LogP) is 0.848. The number of rotatable bonds is 4. The Kier molecular flexibility index (Phi) is 4.97. The van der Waals surface area contributed by atoms with Crippen LogP contribution in [-0.2, 0) is 17.1 Å². The van der Waals surface area contributed by atoms with E-state index in [4.69, 9.17) is 0 Å². The van der Waals surface area contributed by atoms with Crippen LogP contribution in [0.15, 0.2) is 35.5 Å². The highest BCUT2D eigenvalue weighted by Crippen LogP contribution is 2.22. The average Bonchev–Trinajstić information content (AvgIpc) is 3.02. The monoisotopic (exact) mass is 382 g/mol. The van der Waals surface area contributed by atoms with Gasteiger partial charge in [0.25, 0.3) is 5.91 Å². The van der Waals surface area contributed by atoms with Gasteiger partial charge in [0, 0.05) is 32.4 Å². The molecule has 0 atom stereocenters. The number of hydrogen-bond donors (Lipinski definition) is 2. The largest absolute Gasteiger partial charge is 0.507 e. The molecule has 10 heteroatoms. The lowest BCUT2D eigenvalue weighted by molar-refractivity contribution is 0.0917. The number of nitrogens with one attached hydrogen (secondary N) is 1. The fourth-order valence-corrected chi connectivity index (χ4v) is 4.37. The Morgan fingerprint density at radius 1 is 1.35 bits per heavy atom. The molecular formula is C16H19FN4O4S. The fourth-order valence-electron chi connectivity index (χ4n) is 2.92. The minimum atomic E-state index is -3.62. The number of hydrogen-bond acceptors (Lipinski definition) is 5. The lowest BCUT2D eigenvalue weighted by Gasteiger charge is -2.31. The van der Waals surface area contributed by atoms with Gasteiger partial charge in [-0.2, -0.15) is 9.40 Å². The Morgan fingerprint density at radius 2 is 2.04 bits per heavy atom. The van der Waals surface area contributed by atoms with Crippen molar-refractivity contribution < 1.29 is 22.7 Å². The van der Waals surface area contributed by atoms with Gasteiger partial charge < -0.3 is 10.4 Å². The van der Waals surface area contributed by atoms with Crippen LogP contribution >= 0.6 is 0 Å². The molecule has 1 saturated heterocycles. The lowest BCUT2D eigenvalue weighted by atomic mass is 10.1. The summed E-state index contributed by atoms with van der Waals surface area (Å²) in [4.78, 5) is 12.3. The van der Waals surface area contributed by atoms with Crippen molar-refractivity contribution in [2.75, 3.05) is 13.1 Å². The molecule has 0 spiro atoms. The van der Waals surface area contributed by atoms with Crippen molar-refractivity contribution in [2.24, 2.45) is 7.05 Å². The summed E-state index contributed by atoms with van der Waals surface area (Å²) in [6.45, 7) is 0.455. The first-order valence-corrected chi connectivity index (χ1v) is 9.50. The molecule has 1 amide bonds. The molecular weight excluding hydrogens is 363 g/mol. The zero-order valence-electron chi connectivity index (χ0n) is 14.1. The van der Waals surface area contributed by atoms with Gasteiger partial charge in [-0.05, 0) is 25.0 Å². The number of phenolic OH excluding ortho intramolecular Hbond substituents is 1. The van der Waals surface area contributed by atoms with E-state index in [1.54, 1.807) is 7.05 Å². The van der Waals surface area contributed by atoms with E-state index in [1.807, 2.05) is 0 Å². The highest BCUT2D eigenvalue weighted by atomic mass is 32.2. The van der Waals surface area contributed by atoms with Crippen molar-refractivity contribution in [2.45, 2.75) is 23.8 Å². The molecule has 0 saturated carbocycles. The molecule has 2 aromatic rings. The summed E-state index contributed by atoms with van der Waals surface area (Å²) < 4.78 is 41.6. The maximum absolute atomic E-state index is 13.7. The molecule has 0 radical (unpaired) electrons. The van der Waals surface area contributed by atoms with E-state index >= 15 is 0 Å². The molecule has 3 rings (SSSR count). The third-order valence-electron chi connectivity index (χ3n) is 4.33. The second-order valence-corrected chi connectivity index (χ2v) is 8.07. The Balaban J connectivity index is 1.63. The Bertz CT molecular complexity index is 900. The van der Waals surface area contributed by atoms with E-state index in [2.05, 4.69) is 10.4 Å². The SMILES string of the molecule is Cn1cc(S(=O)(=O)N2CCC(NC(=O)c3c(O)cccc3F)CC2)cn1. The van der Waals surface area contributed by atoms with Crippen LogP contribution in [0.1, 0.15) is 23.2 Å². The number of benzene rings is 1. The van der Waals surface area contributed by atoms with Crippen molar-refractivity contribution in [1.82, 2.24) is 19.4 Å². The first kappa shape index (κ1) is 18.3. The van der Waals surface area contributed by atoms with E-state index in [9.17, 15) is 22.7 Å². The molecule has 140 valence electrons. The second-order valence-electron chi connectivity index (χ2n) is 6.14. The summed E-state index contributed by atoms with van der Waals surface area (Å²) in [5, 5.41) is 16.2. The van der Waals surface area contributed by atoms with Gasteiger partial charge in [0.1, 0.15) is 22.0 Å². The number of halogens is 1. The van der Waals surface area contributed by atoms with Gasteiger partial charge >= 0.3 is 0 Å². The number of phenols is 1. The molecule has 1 aromatic heterocycles. The molecule has 1 aromatic carbocycles. The summed E-state index contributed by atoms with van der Waals surface area (Å²) in [6.07, 6.45) is 3.51. The van der Waals surface area contributed by atoms with Crippen molar-refractivity contribution in [3.8, 4) is 5.75 Å². The zero-order chi connectivity index (χ0) is 18.9. The number of amides is 1. The summed E-state index contributed by atoms with van der Waals surface area (Å²) in [7, 11) is -1.98. The normalized spacial score (nSPS) is 16.5. The maximum atomic E-state index is 13.7. The Labute approximate surface area is 150 Å². The summed E-state index contributed by atoms with van der Waals surface area (Å²) >= 11 is 0. The van der Waals surface area contributed by atoms with E-state index < -0.39 is 33.1 Å². The third-order valence-corrected chi connectivity index (χ3v) is 6.18. The topological polar surface area (TPSA) is 105 Å². The number of aryl methyl sites for hydroxylation is 1. The number of carbonyl (C=O) groups is 1. The smallest absolute Gasteiger partial charge is 0.258 e.